The molecule has 0 aromatic carbocycles. The number of carbonyl (C=O) groups is 1. The molecule has 4 rings (SSSR count). The molecular formula is C22H23F2N5O3. The van der Waals surface area contributed by atoms with Gasteiger partial charge in [0.25, 0.3) is 5.91 Å². The number of ether oxygens (including phenoxy) is 1. The minimum atomic E-state index is -2.64. The lowest BCUT2D eigenvalue weighted by Crippen LogP contribution is -2.40. The van der Waals surface area contributed by atoms with Gasteiger partial charge in [0.05, 0.1) is 18.0 Å². The number of alkyl halides is 2. The van der Waals surface area contributed by atoms with Gasteiger partial charge in [0.15, 0.2) is 0 Å². The average Bonchev–Trinajstić information content (AvgIpc) is 3.15. The van der Waals surface area contributed by atoms with Crippen molar-refractivity contribution in [2.75, 3.05) is 0 Å². The van der Waals surface area contributed by atoms with Crippen molar-refractivity contribution < 1.29 is 22.8 Å². The number of hydrogen-bond acceptors (Lipinski definition) is 7. The van der Waals surface area contributed by atoms with Gasteiger partial charge in [-0.3, -0.25) is 9.78 Å². The van der Waals surface area contributed by atoms with E-state index in [4.69, 9.17) is 9.26 Å². The van der Waals surface area contributed by atoms with Crippen molar-refractivity contribution >= 4 is 5.91 Å². The molecule has 32 heavy (non-hydrogen) atoms. The van der Waals surface area contributed by atoms with Crippen LogP contribution in [-0.2, 0) is 6.61 Å². The summed E-state index contributed by atoms with van der Waals surface area (Å²) in [7, 11) is 0. The molecule has 10 heteroatoms. The summed E-state index contributed by atoms with van der Waals surface area (Å²) < 4.78 is 37.5. The Kier molecular flexibility index (Phi) is 6.11. The number of rotatable bonds is 6. The summed E-state index contributed by atoms with van der Waals surface area (Å²) in [5.74, 6) is -2.24. The molecule has 168 valence electrons. The third kappa shape index (κ3) is 5.06. The Morgan fingerprint density at radius 1 is 1.16 bits per heavy atom. The molecule has 0 bridgehead atoms. The topological polar surface area (TPSA) is 103 Å². The fourth-order valence-corrected chi connectivity index (χ4v) is 3.49. The van der Waals surface area contributed by atoms with E-state index in [0.717, 1.165) is 16.8 Å². The van der Waals surface area contributed by atoms with E-state index in [1.807, 2.05) is 19.1 Å². The van der Waals surface area contributed by atoms with Gasteiger partial charge in [0.1, 0.15) is 23.8 Å². The van der Waals surface area contributed by atoms with Crippen molar-refractivity contribution in [3.8, 4) is 17.1 Å². The second-order valence-electron chi connectivity index (χ2n) is 7.89. The summed E-state index contributed by atoms with van der Waals surface area (Å²) in [6, 6.07) is 3.51. The molecule has 0 atom stereocenters. The first kappa shape index (κ1) is 21.8. The number of nitrogens with one attached hydrogen (secondary N) is 1. The van der Waals surface area contributed by atoms with E-state index >= 15 is 0 Å². The monoisotopic (exact) mass is 443 g/mol. The van der Waals surface area contributed by atoms with Crippen LogP contribution in [0.4, 0.5) is 8.78 Å². The number of hydrogen-bond donors (Lipinski definition) is 1. The van der Waals surface area contributed by atoms with E-state index in [1.165, 1.54) is 12.4 Å². The molecule has 0 unspecified atom stereocenters. The second kappa shape index (κ2) is 8.97. The Bertz CT molecular complexity index is 1070. The molecule has 1 fully saturated rings. The van der Waals surface area contributed by atoms with Crippen LogP contribution < -0.4 is 10.1 Å². The molecule has 0 radical (unpaired) electrons. The van der Waals surface area contributed by atoms with Crippen LogP contribution >= 0.6 is 0 Å². The summed E-state index contributed by atoms with van der Waals surface area (Å²) in [5, 5.41) is 6.84. The first-order chi connectivity index (χ1) is 15.3. The van der Waals surface area contributed by atoms with Crippen molar-refractivity contribution in [2.45, 2.75) is 58.1 Å². The molecule has 1 saturated carbocycles. The van der Waals surface area contributed by atoms with Crippen LogP contribution in [0.1, 0.15) is 53.2 Å². The third-order valence-corrected chi connectivity index (χ3v) is 5.45. The zero-order valence-electron chi connectivity index (χ0n) is 17.8. The fraction of sp³-hybridized carbons (Fsp3) is 0.409. The Morgan fingerprint density at radius 3 is 2.59 bits per heavy atom. The van der Waals surface area contributed by atoms with Crippen molar-refractivity contribution in [1.82, 2.24) is 25.4 Å². The van der Waals surface area contributed by atoms with E-state index in [-0.39, 0.29) is 49.9 Å². The number of aromatic nitrogens is 4. The third-order valence-electron chi connectivity index (χ3n) is 5.45. The van der Waals surface area contributed by atoms with Gasteiger partial charge in [0, 0.05) is 36.3 Å². The Labute approximate surface area is 183 Å². The minimum Gasteiger partial charge on any atom is -0.471 e. The molecular weight excluding hydrogens is 420 g/mol. The van der Waals surface area contributed by atoms with Crippen LogP contribution in [0, 0.1) is 13.8 Å². The highest BCUT2D eigenvalue weighted by Gasteiger charge is 2.35. The number of halogens is 2. The lowest BCUT2D eigenvalue weighted by molar-refractivity contribution is -0.0399. The summed E-state index contributed by atoms with van der Waals surface area (Å²) >= 11 is 0. The predicted molar refractivity (Wildman–Crippen MR) is 110 cm³/mol. The van der Waals surface area contributed by atoms with Crippen LogP contribution in [-0.4, -0.2) is 38.0 Å². The van der Waals surface area contributed by atoms with Crippen LogP contribution in [0.25, 0.3) is 11.3 Å². The van der Waals surface area contributed by atoms with E-state index in [9.17, 15) is 13.6 Å². The summed E-state index contributed by atoms with van der Waals surface area (Å²) in [5.41, 5.74) is 3.20. The quantitative estimate of drug-likeness (QED) is 0.613. The smallest absolute Gasteiger partial charge is 0.271 e. The van der Waals surface area contributed by atoms with E-state index < -0.39 is 11.8 Å². The highest BCUT2D eigenvalue weighted by Crippen LogP contribution is 2.33. The normalized spacial score (nSPS) is 16.0. The summed E-state index contributed by atoms with van der Waals surface area (Å²) in [6.07, 6.45) is 4.40. The fourth-order valence-electron chi connectivity index (χ4n) is 3.49. The lowest BCUT2D eigenvalue weighted by atomic mass is 9.92. The zero-order chi connectivity index (χ0) is 22.7. The Balaban J connectivity index is 1.36. The number of nitrogens with zero attached hydrogens (tertiary/aromatic N) is 4. The first-order valence-electron chi connectivity index (χ1n) is 10.3. The molecule has 3 heterocycles. The van der Waals surface area contributed by atoms with Gasteiger partial charge in [-0.2, -0.15) is 0 Å². The van der Waals surface area contributed by atoms with Gasteiger partial charge in [-0.15, -0.1) is 0 Å². The molecule has 1 amide bonds. The van der Waals surface area contributed by atoms with Gasteiger partial charge in [0.2, 0.25) is 11.8 Å². The molecule has 1 aliphatic carbocycles. The van der Waals surface area contributed by atoms with Gasteiger partial charge < -0.3 is 14.6 Å². The standard InChI is InChI=1S/C22H23F2N5O3/c1-13-3-4-15(9-25-13)20-17(14(2)32-29-20)12-31-19-11-26-18(10-27-19)21(30)28-16-5-7-22(23,24)8-6-16/h3-4,9-11,16H,5-8,12H2,1-2H3,(H,28,30). The minimum absolute atomic E-state index is 0.0993. The molecule has 1 aliphatic rings. The molecule has 3 aromatic heterocycles. The maximum atomic E-state index is 13.3. The van der Waals surface area contributed by atoms with Crippen molar-refractivity contribution in [3.05, 3.63) is 53.4 Å². The van der Waals surface area contributed by atoms with Crippen molar-refractivity contribution in [1.29, 1.82) is 0 Å². The van der Waals surface area contributed by atoms with Gasteiger partial charge in [-0.05, 0) is 38.8 Å². The summed E-state index contributed by atoms with van der Waals surface area (Å²) in [4.78, 5) is 24.8. The second-order valence-corrected chi connectivity index (χ2v) is 7.89. The zero-order valence-corrected chi connectivity index (χ0v) is 17.8. The molecule has 0 spiro atoms. The maximum absolute atomic E-state index is 13.3. The van der Waals surface area contributed by atoms with E-state index in [1.54, 1.807) is 13.1 Å². The van der Waals surface area contributed by atoms with Crippen LogP contribution in [0.5, 0.6) is 5.88 Å². The molecule has 0 saturated heterocycles. The first-order valence-corrected chi connectivity index (χ1v) is 10.3. The molecule has 8 nitrogen and oxygen atoms in total. The highest BCUT2D eigenvalue weighted by molar-refractivity contribution is 5.92. The number of pyridine rings is 1. The number of amides is 1. The molecule has 3 aromatic rings. The van der Waals surface area contributed by atoms with E-state index in [0.29, 0.717) is 11.5 Å². The Morgan fingerprint density at radius 2 is 1.94 bits per heavy atom. The van der Waals surface area contributed by atoms with Crippen LogP contribution in [0.3, 0.4) is 0 Å². The van der Waals surface area contributed by atoms with Crippen LogP contribution in [0.15, 0.2) is 35.2 Å². The summed E-state index contributed by atoms with van der Waals surface area (Å²) in [6.45, 7) is 3.84. The Hall–Kier alpha value is -3.43. The maximum Gasteiger partial charge on any atom is 0.271 e. The van der Waals surface area contributed by atoms with Crippen molar-refractivity contribution in [2.24, 2.45) is 0 Å². The SMILES string of the molecule is Cc1ccc(-c2noc(C)c2COc2cnc(C(=O)NC3CCC(F)(F)CC3)cn2)cn1. The van der Waals surface area contributed by atoms with Gasteiger partial charge in [-0.25, -0.2) is 18.7 Å². The van der Waals surface area contributed by atoms with Gasteiger partial charge in [-0.1, -0.05) is 5.16 Å². The van der Waals surface area contributed by atoms with Crippen LogP contribution in [0.2, 0.25) is 0 Å². The van der Waals surface area contributed by atoms with Crippen molar-refractivity contribution in [3.63, 3.8) is 0 Å². The molecule has 1 N–H and O–H groups in total. The largest absolute Gasteiger partial charge is 0.471 e. The van der Waals surface area contributed by atoms with E-state index in [2.05, 4.69) is 25.4 Å². The number of carbonyl (C=O) groups excluding carboxylic acids is 1. The number of aryl methyl sites for hydroxylation is 2. The highest BCUT2D eigenvalue weighted by atomic mass is 19.3. The molecule has 0 aliphatic heterocycles. The predicted octanol–water partition coefficient (Wildman–Crippen LogP) is 4.03. The van der Waals surface area contributed by atoms with Gasteiger partial charge >= 0.3 is 0 Å². The lowest BCUT2D eigenvalue weighted by Gasteiger charge is -2.28. The average molecular weight is 443 g/mol.